The maximum Gasteiger partial charge on any atom is 0.145 e. The van der Waals surface area contributed by atoms with Gasteiger partial charge in [-0.15, -0.1) is 11.8 Å². The Labute approximate surface area is 183 Å². The number of thioether (sulfide) groups is 1. The Morgan fingerprint density at radius 3 is 2.73 bits per heavy atom. The molecule has 3 N–H and O–H groups in total. The zero-order valence-electron chi connectivity index (χ0n) is 16.4. The lowest BCUT2D eigenvalue weighted by Gasteiger charge is -2.22. The van der Waals surface area contributed by atoms with Gasteiger partial charge in [-0.3, -0.25) is 4.68 Å². The molecule has 1 aliphatic rings. The van der Waals surface area contributed by atoms with Crippen LogP contribution < -0.4 is 11.1 Å². The molecule has 0 amide bonds. The Hall–Kier alpha value is -2.16. The van der Waals surface area contributed by atoms with Crippen LogP contribution in [0.25, 0.3) is 11.1 Å². The molecule has 1 atom stereocenters. The molecule has 3 heterocycles. The third-order valence-corrected chi connectivity index (χ3v) is 6.85. The van der Waals surface area contributed by atoms with Crippen molar-refractivity contribution in [3.05, 3.63) is 59.0 Å². The van der Waals surface area contributed by atoms with Crippen LogP contribution in [0.15, 0.2) is 41.7 Å². The van der Waals surface area contributed by atoms with Gasteiger partial charge < -0.3 is 11.1 Å². The number of piperidine rings is 1. The molecule has 30 heavy (non-hydrogen) atoms. The minimum absolute atomic E-state index is 0.0812. The zero-order chi connectivity index (χ0) is 21.3. The van der Waals surface area contributed by atoms with E-state index in [4.69, 9.17) is 17.3 Å². The normalized spacial score (nSPS) is 16.0. The third-order valence-electron chi connectivity index (χ3n) is 5.26. The molecule has 0 spiro atoms. The number of rotatable bonds is 5. The summed E-state index contributed by atoms with van der Waals surface area (Å²) in [7, 11) is 0. The number of nitrogen functional groups attached to an aromatic ring is 1. The van der Waals surface area contributed by atoms with E-state index in [1.165, 1.54) is 17.8 Å². The highest BCUT2D eigenvalue weighted by Crippen LogP contribution is 2.41. The van der Waals surface area contributed by atoms with Crippen LogP contribution in [-0.4, -0.2) is 27.9 Å². The first-order chi connectivity index (χ1) is 14.4. The average Bonchev–Trinajstić information content (AvgIpc) is 3.23. The number of nitrogens with zero attached hydrogens (tertiary/aromatic N) is 3. The number of hydrogen-bond acceptors (Lipinski definition) is 5. The van der Waals surface area contributed by atoms with Gasteiger partial charge in [0.1, 0.15) is 17.5 Å². The molecule has 1 unspecified atom stereocenters. The lowest BCUT2D eigenvalue weighted by molar-refractivity contribution is 0.343. The van der Waals surface area contributed by atoms with Crippen molar-refractivity contribution in [1.82, 2.24) is 20.1 Å². The monoisotopic (exact) mass is 449 g/mol. The molecule has 2 aromatic heterocycles. The van der Waals surface area contributed by atoms with E-state index >= 15 is 0 Å². The molecule has 1 fully saturated rings. The average molecular weight is 450 g/mol. The van der Waals surface area contributed by atoms with Gasteiger partial charge >= 0.3 is 0 Å². The fraction of sp³-hybridized carbons (Fsp3) is 0.333. The minimum Gasteiger partial charge on any atom is -0.383 e. The van der Waals surface area contributed by atoms with Gasteiger partial charge in [-0.2, -0.15) is 5.10 Å². The molecule has 0 bridgehead atoms. The summed E-state index contributed by atoms with van der Waals surface area (Å²) in [4.78, 5) is 5.03. The van der Waals surface area contributed by atoms with Crippen LogP contribution in [0.4, 0.5) is 14.6 Å². The molecular weight excluding hydrogens is 428 g/mol. The Bertz CT molecular complexity index is 1050. The summed E-state index contributed by atoms with van der Waals surface area (Å²) in [6, 6.07) is 4.34. The molecule has 0 saturated carbocycles. The fourth-order valence-electron chi connectivity index (χ4n) is 3.59. The lowest BCUT2D eigenvalue weighted by Crippen LogP contribution is -2.29. The van der Waals surface area contributed by atoms with Gasteiger partial charge in [-0.1, -0.05) is 11.6 Å². The summed E-state index contributed by atoms with van der Waals surface area (Å²) in [5.74, 6) is -1.08. The van der Waals surface area contributed by atoms with E-state index in [2.05, 4.69) is 15.4 Å². The van der Waals surface area contributed by atoms with Crippen LogP contribution in [0.3, 0.4) is 0 Å². The van der Waals surface area contributed by atoms with Gasteiger partial charge in [0.25, 0.3) is 0 Å². The fourth-order valence-corrected chi connectivity index (χ4v) is 4.99. The Balaban J connectivity index is 1.57. The molecule has 1 aliphatic heterocycles. The van der Waals surface area contributed by atoms with E-state index in [0.29, 0.717) is 17.4 Å². The summed E-state index contributed by atoms with van der Waals surface area (Å²) >= 11 is 7.41. The smallest absolute Gasteiger partial charge is 0.145 e. The first-order valence-corrected chi connectivity index (χ1v) is 11.0. The highest BCUT2D eigenvalue weighted by Gasteiger charge is 2.19. The van der Waals surface area contributed by atoms with Gasteiger partial charge in [-0.05, 0) is 50.6 Å². The Kier molecular flexibility index (Phi) is 6.26. The maximum absolute atomic E-state index is 13.8. The molecule has 0 radical (unpaired) electrons. The molecule has 0 aliphatic carbocycles. The number of hydrogen-bond donors (Lipinski definition) is 2. The van der Waals surface area contributed by atoms with Crippen LogP contribution >= 0.6 is 23.4 Å². The predicted molar refractivity (Wildman–Crippen MR) is 117 cm³/mol. The van der Waals surface area contributed by atoms with Crippen molar-refractivity contribution in [2.75, 3.05) is 18.8 Å². The molecule has 158 valence electrons. The standard InChI is InChI=1S/C21H22ClF2N5S/c1-12(17-7-15(23)8-18(24)20(17)22)30-19-6-13(9-27-21(19)25)14-10-28-29(11-14)16-2-4-26-5-3-16/h6-12,16,26H,2-5H2,1H3,(H2,25,27). The Morgan fingerprint density at radius 2 is 1.97 bits per heavy atom. The molecular formula is C21H22ClF2N5S. The number of aromatic nitrogens is 3. The van der Waals surface area contributed by atoms with Crippen LogP contribution in [0, 0.1) is 11.6 Å². The number of nitrogens with one attached hydrogen (secondary N) is 1. The van der Waals surface area contributed by atoms with Gasteiger partial charge in [0.15, 0.2) is 0 Å². The number of anilines is 1. The van der Waals surface area contributed by atoms with E-state index in [1.54, 1.807) is 6.20 Å². The van der Waals surface area contributed by atoms with Gasteiger partial charge in [0.2, 0.25) is 0 Å². The molecule has 1 saturated heterocycles. The summed E-state index contributed by atoms with van der Waals surface area (Å²) in [6.07, 6.45) is 7.66. The van der Waals surface area contributed by atoms with Gasteiger partial charge in [0.05, 0.1) is 22.2 Å². The van der Waals surface area contributed by atoms with E-state index in [-0.39, 0.29) is 10.3 Å². The van der Waals surface area contributed by atoms with Crippen LogP contribution in [0.1, 0.15) is 36.6 Å². The number of nitrogens with two attached hydrogens (primary N) is 1. The van der Waals surface area contributed by atoms with E-state index in [1.807, 2.05) is 30.1 Å². The number of pyridine rings is 1. The van der Waals surface area contributed by atoms with Crippen LogP contribution in [0.2, 0.25) is 5.02 Å². The molecule has 9 heteroatoms. The first kappa shape index (κ1) is 21.1. The van der Waals surface area contributed by atoms with Crippen molar-refractivity contribution in [2.45, 2.75) is 36.0 Å². The predicted octanol–water partition coefficient (Wildman–Crippen LogP) is 5.24. The first-order valence-electron chi connectivity index (χ1n) is 9.74. The largest absolute Gasteiger partial charge is 0.383 e. The van der Waals surface area contributed by atoms with Crippen molar-refractivity contribution >= 4 is 29.2 Å². The summed E-state index contributed by atoms with van der Waals surface area (Å²) in [6.45, 7) is 3.81. The molecule has 1 aromatic carbocycles. The highest BCUT2D eigenvalue weighted by molar-refractivity contribution is 7.99. The number of halogens is 3. The third kappa shape index (κ3) is 4.45. The quantitative estimate of drug-likeness (QED) is 0.412. The second-order valence-electron chi connectivity index (χ2n) is 7.35. The molecule has 4 rings (SSSR count). The summed E-state index contributed by atoms with van der Waals surface area (Å²) in [5, 5.41) is 7.48. The number of benzene rings is 1. The highest BCUT2D eigenvalue weighted by atomic mass is 35.5. The summed E-state index contributed by atoms with van der Waals surface area (Å²) < 4.78 is 29.5. The van der Waals surface area contributed by atoms with Crippen molar-refractivity contribution < 1.29 is 8.78 Å². The van der Waals surface area contributed by atoms with E-state index in [9.17, 15) is 8.78 Å². The second-order valence-corrected chi connectivity index (χ2v) is 9.11. The minimum atomic E-state index is -0.774. The van der Waals surface area contributed by atoms with Crippen molar-refractivity contribution in [3.63, 3.8) is 0 Å². The van der Waals surface area contributed by atoms with Crippen molar-refractivity contribution in [2.24, 2.45) is 0 Å². The van der Waals surface area contributed by atoms with Crippen LogP contribution in [-0.2, 0) is 0 Å². The summed E-state index contributed by atoms with van der Waals surface area (Å²) in [5.41, 5.74) is 8.28. The topological polar surface area (TPSA) is 68.8 Å². The molecule has 3 aromatic rings. The Morgan fingerprint density at radius 1 is 1.20 bits per heavy atom. The second kappa shape index (κ2) is 8.91. The molecule has 5 nitrogen and oxygen atoms in total. The zero-order valence-corrected chi connectivity index (χ0v) is 18.0. The SMILES string of the molecule is CC(Sc1cc(-c2cnn(C3CCNCC3)c2)cnc1N)c1cc(F)cc(F)c1Cl. The maximum atomic E-state index is 13.8. The lowest BCUT2D eigenvalue weighted by atomic mass is 10.1. The van der Waals surface area contributed by atoms with Crippen LogP contribution in [0.5, 0.6) is 0 Å². The van der Waals surface area contributed by atoms with Crippen molar-refractivity contribution in [1.29, 1.82) is 0 Å². The van der Waals surface area contributed by atoms with E-state index in [0.717, 1.165) is 48.0 Å². The van der Waals surface area contributed by atoms with Crippen molar-refractivity contribution in [3.8, 4) is 11.1 Å². The van der Waals surface area contributed by atoms with Gasteiger partial charge in [0, 0.05) is 34.8 Å². The van der Waals surface area contributed by atoms with Gasteiger partial charge in [-0.25, -0.2) is 13.8 Å². The van der Waals surface area contributed by atoms with E-state index < -0.39 is 11.6 Å².